The van der Waals surface area contributed by atoms with Gasteiger partial charge in [-0.2, -0.15) is 5.10 Å². The van der Waals surface area contributed by atoms with Crippen LogP contribution >= 0.6 is 0 Å². The van der Waals surface area contributed by atoms with Crippen molar-refractivity contribution in [3.8, 4) is 16.9 Å². The Morgan fingerprint density at radius 1 is 1.28 bits per heavy atom. The highest BCUT2D eigenvalue weighted by Crippen LogP contribution is 2.36. The zero-order valence-electron chi connectivity index (χ0n) is 27.5. The van der Waals surface area contributed by atoms with Gasteiger partial charge in [-0.1, -0.05) is 6.07 Å². The summed E-state index contributed by atoms with van der Waals surface area (Å²) in [5, 5.41) is 6.60. The minimum Gasteiger partial charge on any atom is -0.476 e. The minimum absolute atomic E-state index is 0.0773. The van der Waals surface area contributed by atoms with Gasteiger partial charge in [-0.15, -0.1) is 0 Å². The smallest absolute Gasteiger partial charge is 0.279 e. The number of hydrogen-bond acceptors (Lipinski definition) is 5. The van der Waals surface area contributed by atoms with Crippen molar-refractivity contribution < 1.29 is 33.0 Å². The third kappa shape index (κ3) is 4.43. The van der Waals surface area contributed by atoms with Crippen LogP contribution in [0.25, 0.3) is 11.1 Å². The highest BCUT2D eigenvalue weighted by Gasteiger charge is 2.30. The van der Waals surface area contributed by atoms with Gasteiger partial charge in [-0.3, -0.25) is 4.68 Å². The van der Waals surface area contributed by atoms with Crippen molar-refractivity contribution in [2.75, 3.05) is 18.8 Å². The molecule has 32 heavy (non-hydrogen) atoms. The summed E-state index contributed by atoms with van der Waals surface area (Å²) in [6, 6.07) is -0.174. The second kappa shape index (κ2) is 9.20. The molecule has 1 aliphatic heterocycles. The first-order valence-corrected chi connectivity index (χ1v) is 9.42. The number of nitrogens with one attached hydrogen (secondary N) is 1. The van der Waals surface area contributed by atoms with Crippen molar-refractivity contribution in [3.05, 3.63) is 59.3 Å². The number of aromatic nitrogens is 3. The Morgan fingerprint density at radius 3 is 2.81 bits per heavy atom. The maximum absolute atomic E-state index is 14.8. The van der Waals surface area contributed by atoms with Gasteiger partial charge in [-0.05, 0) is 62.8 Å². The van der Waals surface area contributed by atoms with Crippen LogP contribution in [0.1, 0.15) is 56.6 Å². The molecule has 1 aliphatic rings. The molecule has 3 N–H and O–H groups in total. The van der Waals surface area contributed by atoms with Gasteiger partial charge in [-0.25, -0.2) is 18.2 Å². The van der Waals surface area contributed by atoms with Crippen LogP contribution in [0.15, 0.2) is 36.8 Å². The molecule has 0 spiro atoms. The molecule has 9 heteroatoms. The minimum atomic E-state index is -3.57. The summed E-state index contributed by atoms with van der Waals surface area (Å²) in [6.07, 6.45) is -7.55. The van der Waals surface area contributed by atoms with E-state index in [0.29, 0.717) is 12.1 Å². The molecule has 6 nitrogen and oxygen atoms in total. The number of rotatable bonds is 6. The zero-order chi connectivity index (χ0) is 32.3. The number of hydrogen-bond donors (Lipinski definition) is 2. The van der Waals surface area contributed by atoms with E-state index in [1.54, 1.807) is 0 Å². The van der Waals surface area contributed by atoms with Crippen molar-refractivity contribution >= 4 is 5.82 Å². The summed E-state index contributed by atoms with van der Waals surface area (Å²) in [5.41, 5.74) is 2.86. The molecule has 1 atom stereocenters. The highest BCUT2D eigenvalue weighted by molar-refractivity contribution is 5.66. The SMILES string of the molecule is [2H]C([2H])([2H])c1ccc(F)c(C([2H])([2H])[2H])c1C(Oc1cc(-c2cnn(C3([2H])C([2H])([2H])CNCC3([2H])[2H])c2)cnc1N)C(F)F. The molecule has 3 aromatic rings. The summed E-state index contributed by atoms with van der Waals surface area (Å²) in [7, 11) is 0. The molecular weight excluding hydrogens is 419 g/mol. The zero-order valence-corrected chi connectivity index (χ0v) is 16.5. The van der Waals surface area contributed by atoms with Crippen molar-refractivity contribution in [2.24, 2.45) is 0 Å². The summed E-state index contributed by atoms with van der Waals surface area (Å²) < 4.78 is 138. The molecule has 0 saturated carbocycles. The van der Waals surface area contributed by atoms with E-state index in [-0.39, 0.29) is 24.2 Å². The van der Waals surface area contributed by atoms with Crippen molar-refractivity contribution in [3.63, 3.8) is 0 Å². The van der Waals surface area contributed by atoms with Gasteiger partial charge in [0.2, 0.25) is 0 Å². The van der Waals surface area contributed by atoms with E-state index in [0.717, 1.165) is 29.3 Å². The van der Waals surface area contributed by atoms with Crippen LogP contribution in [0, 0.1) is 19.5 Å². The fraction of sp³-hybridized carbons (Fsp3) is 0.391. The molecular formula is C23H26F3N5O. The number of halogens is 3. The summed E-state index contributed by atoms with van der Waals surface area (Å²) in [5.74, 6) is -2.46. The van der Waals surface area contributed by atoms with Gasteiger partial charge in [0.1, 0.15) is 5.82 Å². The lowest BCUT2D eigenvalue weighted by atomic mass is 9.97. The van der Waals surface area contributed by atoms with Gasteiger partial charge in [0.05, 0.1) is 13.6 Å². The maximum atomic E-state index is 14.8. The molecule has 3 heterocycles. The molecule has 1 fully saturated rings. The molecule has 0 bridgehead atoms. The summed E-state index contributed by atoms with van der Waals surface area (Å²) >= 11 is 0. The third-order valence-electron chi connectivity index (χ3n) is 4.75. The molecule has 1 saturated heterocycles. The molecule has 0 amide bonds. The lowest BCUT2D eigenvalue weighted by molar-refractivity contribution is 0.00988. The molecule has 0 aliphatic carbocycles. The van der Waals surface area contributed by atoms with Gasteiger partial charge in [0.15, 0.2) is 17.7 Å². The van der Waals surface area contributed by atoms with E-state index in [1.165, 1.54) is 0 Å². The number of benzene rings is 1. The predicted octanol–water partition coefficient (Wildman–Crippen LogP) is 4.59. The molecule has 4 rings (SSSR count). The Hall–Kier alpha value is -3.07. The van der Waals surface area contributed by atoms with Crippen LogP contribution in [0.4, 0.5) is 19.0 Å². The number of anilines is 1. The lowest BCUT2D eigenvalue weighted by Crippen LogP contribution is -2.29. The van der Waals surface area contributed by atoms with Crippen LogP contribution in [0.3, 0.4) is 0 Å². The third-order valence-corrected chi connectivity index (χ3v) is 4.75. The Kier molecular flexibility index (Phi) is 3.52. The molecule has 170 valence electrons. The maximum Gasteiger partial charge on any atom is 0.279 e. The molecule has 1 aromatic carbocycles. The Balaban J connectivity index is 1.81. The van der Waals surface area contributed by atoms with Gasteiger partial charge in [0, 0.05) is 42.8 Å². The Morgan fingerprint density at radius 2 is 2.09 bits per heavy atom. The van der Waals surface area contributed by atoms with Crippen LogP contribution in [0.2, 0.25) is 0 Å². The lowest BCUT2D eigenvalue weighted by Gasteiger charge is -2.23. The number of piperidine rings is 1. The topological polar surface area (TPSA) is 78.0 Å². The number of aryl methyl sites for hydroxylation is 1. The largest absolute Gasteiger partial charge is 0.476 e. The monoisotopic (exact) mass is 456 g/mol. The fourth-order valence-corrected chi connectivity index (χ4v) is 3.14. The first kappa shape index (κ1) is 12.2. The number of pyridine rings is 1. The summed E-state index contributed by atoms with van der Waals surface area (Å²) in [4.78, 5) is 3.89. The number of nitrogen functional groups attached to an aromatic ring is 1. The van der Waals surface area contributed by atoms with E-state index in [2.05, 4.69) is 15.4 Å². The van der Waals surface area contributed by atoms with E-state index in [4.69, 9.17) is 25.5 Å². The Labute approximate surface area is 200 Å². The standard InChI is InChI=1S/C23H26F3N5O/c1-13-3-4-18(24)14(2)20(13)21(22(25)26)32-19-9-15(10-29-23(19)27)16-11-30-31(12-16)17-5-7-28-8-6-17/h3-4,9-12,17,21-22,28H,5-8H2,1-2H3,(H2,27,29)/i1D3,2D3,5D2,6D2,17D. The number of alkyl halides is 2. The van der Waals surface area contributed by atoms with Gasteiger partial charge < -0.3 is 15.8 Å². The van der Waals surface area contributed by atoms with E-state index >= 15 is 0 Å². The molecule has 0 radical (unpaired) electrons. The quantitative estimate of drug-likeness (QED) is 0.567. The Bertz CT molecular complexity index is 1490. The molecule has 2 aromatic heterocycles. The highest BCUT2D eigenvalue weighted by atomic mass is 19.3. The van der Waals surface area contributed by atoms with Gasteiger partial charge in [0.25, 0.3) is 6.43 Å². The van der Waals surface area contributed by atoms with Crippen LogP contribution in [-0.4, -0.2) is 34.3 Å². The van der Waals surface area contributed by atoms with E-state index in [9.17, 15) is 13.2 Å². The van der Waals surface area contributed by atoms with Crippen LogP contribution < -0.4 is 15.8 Å². The predicted molar refractivity (Wildman–Crippen MR) is 116 cm³/mol. The van der Waals surface area contributed by atoms with E-state index in [1.807, 2.05) is 0 Å². The number of nitrogens with zero attached hydrogens (tertiary/aromatic N) is 3. The van der Waals surface area contributed by atoms with Crippen molar-refractivity contribution in [1.29, 1.82) is 0 Å². The first-order chi connectivity index (χ1) is 19.6. The second-order valence-electron chi connectivity index (χ2n) is 6.84. The second-order valence-corrected chi connectivity index (χ2v) is 6.84. The number of ether oxygens (including phenoxy) is 1. The first-order valence-electron chi connectivity index (χ1n) is 14.9. The average Bonchev–Trinajstić information content (AvgIpc) is 3.35. The number of nitrogens with two attached hydrogens (primary N) is 1. The van der Waals surface area contributed by atoms with Crippen molar-refractivity contribution in [2.45, 2.75) is 45.0 Å². The van der Waals surface area contributed by atoms with Crippen LogP contribution in [-0.2, 0) is 0 Å². The summed E-state index contributed by atoms with van der Waals surface area (Å²) in [6.45, 7) is -7.14. The molecule has 1 unspecified atom stereocenters. The van der Waals surface area contributed by atoms with Crippen molar-refractivity contribution in [1.82, 2.24) is 20.1 Å². The van der Waals surface area contributed by atoms with Gasteiger partial charge >= 0.3 is 0 Å². The average molecular weight is 457 g/mol. The van der Waals surface area contributed by atoms with Crippen LogP contribution in [0.5, 0.6) is 5.75 Å². The normalized spacial score (nSPS) is 25.8. The van der Waals surface area contributed by atoms with E-state index < -0.39 is 79.1 Å². The fourth-order valence-electron chi connectivity index (χ4n) is 3.14.